The van der Waals surface area contributed by atoms with Crippen molar-refractivity contribution >= 4 is 0 Å². The van der Waals surface area contributed by atoms with Crippen molar-refractivity contribution in [3.05, 3.63) is 35.4 Å². The molecule has 0 radical (unpaired) electrons. The Morgan fingerprint density at radius 1 is 1.58 bits per heavy atom. The SMILES string of the molecule is Cc1cccc(C(C#N)CO)c1. The van der Waals surface area contributed by atoms with Gasteiger partial charge in [-0.2, -0.15) is 5.26 Å². The van der Waals surface area contributed by atoms with Crippen LogP contribution in [0, 0.1) is 18.3 Å². The van der Waals surface area contributed by atoms with Gasteiger partial charge in [0.15, 0.2) is 0 Å². The Balaban J connectivity index is 2.95. The normalized spacial score (nSPS) is 12.1. The zero-order valence-electron chi connectivity index (χ0n) is 6.99. The second kappa shape index (κ2) is 3.89. The van der Waals surface area contributed by atoms with Gasteiger partial charge < -0.3 is 5.11 Å². The van der Waals surface area contributed by atoms with Gasteiger partial charge in [-0.1, -0.05) is 29.8 Å². The van der Waals surface area contributed by atoms with E-state index in [1.807, 2.05) is 37.3 Å². The van der Waals surface area contributed by atoms with Crippen LogP contribution in [-0.2, 0) is 0 Å². The lowest BCUT2D eigenvalue weighted by atomic mass is 10.00. The number of nitriles is 1. The highest BCUT2D eigenvalue weighted by molar-refractivity contribution is 5.29. The van der Waals surface area contributed by atoms with Gasteiger partial charge in [0.05, 0.1) is 18.6 Å². The smallest absolute Gasteiger partial charge is 0.0943 e. The van der Waals surface area contributed by atoms with Crippen molar-refractivity contribution in [1.82, 2.24) is 0 Å². The summed E-state index contributed by atoms with van der Waals surface area (Å²) >= 11 is 0. The van der Waals surface area contributed by atoms with E-state index in [-0.39, 0.29) is 12.5 Å². The van der Waals surface area contributed by atoms with E-state index in [0.717, 1.165) is 11.1 Å². The highest BCUT2D eigenvalue weighted by atomic mass is 16.3. The van der Waals surface area contributed by atoms with E-state index in [1.165, 1.54) is 0 Å². The molecule has 1 atom stereocenters. The second-order valence-electron chi connectivity index (χ2n) is 2.78. The Kier molecular flexibility index (Phi) is 2.84. The van der Waals surface area contributed by atoms with Crippen LogP contribution >= 0.6 is 0 Å². The molecule has 0 bridgehead atoms. The first-order chi connectivity index (χ1) is 5.77. The van der Waals surface area contributed by atoms with Gasteiger partial charge in [0, 0.05) is 0 Å². The van der Waals surface area contributed by atoms with Crippen LogP contribution in [0.15, 0.2) is 24.3 Å². The van der Waals surface area contributed by atoms with Crippen LogP contribution in [0.2, 0.25) is 0 Å². The van der Waals surface area contributed by atoms with Gasteiger partial charge in [0.1, 0.15) is 0 Å². The van der Waals surface area contributed by atoms with Crippen LogP contribution in [0.5, 0.6) is 0 Å². The molecule has 0 fully saturated rings. The van der Waals surface area contributed by atoms with E-state index < -0.39 is 0 Å². The maximum atomic E-state index is 8.85. The molecule has 0 saturated carbocycles. The fourth-order valence-corrected chi connectivity index (χ4v) is 1.11. The van der Waals surface area contributed by atoms with E-state index in [1.54, 1.807) is 0 Å². The molecule has 0 saturated heterocycles. The third kappa shape index (κ3) is 1.84. The Labute approximate surface area is 72.1 Å². The van der Waals surface area contributed by atoms with Crippen molar-refractivity contribution in [1.29, 1.82) is 5.26 Å². The van der Waals surface area contributed by atoms with Gasteiger partial charge in [0.2, 0.25) is 0 Å². The average molecular weight is 161 g/mol. The van der Waals surface area contributed by atoms with E-state index in [9.17, 15) is 0 Å². The molecular weight excluding hydrogens is 150 g/mol. The third-order valence-corrected chi connectivity index (χ3v) is 1.78. The van der Waals surface area contributed by atoms with E-state index in [2.05, 4.69) is 0 Å². The van der Waals surface area contributed by atoms with Gasteiger partial charge in [-0.25, -0.2) is 0 Å². The third-order valence-electron chi connectivity index (χ3n) is 1.78. The fourth-order valence-electron chi connectivity index (χ4n) is 1.11. The summed E-state index contributed by atoms with van der Waals surface area (Å²) in [5.41, 5.74) is 2.00. The number of benzene rings is 1. The Bertz CT molecular complexity index is 301. The first-order valence-corrected chi connectivity index (χ1v) is 3.85. The summed E-state index contributed by atoms with van der Waals surface area (Å²) in [7, 11) is 0. The minimum Gasteiger partial charge on any atom is -0.395 e. The largest absolute Gasteiger partial charge is 0.395 e. The predicted octanol–water partition coefficient (Wildman–Crippen LogP) is 1.59. The lowest BCUT2D eigenvalue weighted by Crippen LogP contribution is -2.00. The summed E-state index contributed by atoms with van der Waals surface area (Å²) in [5.74, 6) is -0.384. The lowest BCUT2D eigenvalue weighted by Gasteiger charge is -2.05. The van der Waals surface area contributed by atoms with Gasteiger partial charge in [-0.3, -0.25) is 0 Å². The Morgan fingerprint density at radius 3 is 2.83 bits per heavy atom. The first-order valence-electron chi connectivity index (χ1n) is 3.85. The molecule has 2 heteroatoms. The molecule has 1 rings (SSSR count). The van der Waals surface area contributed by atoms with Crippen LogP contribution in [0.25, 0.3) is 0 Å². The summed E-state index contributed by atoms with van der Waals surface area (Å²) in [6.07, 6.45) is 0. The molecule has 12 heavy (non-hydrogen) atoms. The van der Waals surface area contributed by atoms with Crippen molar-refractivity contribution in [2.24, 2.45) is 0 Å². The van der Waals surface area contributed by atoms with Crippen molar-refractivity contribution in [3.63, 3.8) is 0 Å². The van der Waals surface area contributed by atoms with Gasteiger partial charge in [-0.15, -0.1) is 0 Å². The molecule has 1 aromatic rings. The van der Waals surface area contributed by atoms with Crippen molar-refractivity contribution < 1.29 is 5.11 Å². The maximum absolute atomic E-state index is 8.85. The minimum atomic E-state index is -0.384. The maximum Gasteiger partial charge on any atom is 0.0943 e. The second-order valence-corrected chi connectivity index (χ2v) is 2.78. The fraction of sp³-hybridized carbons (Fsp3) is 0.300. The number of hydrogen-bond acceptors (Lipinski definition) is 2. The molecule has 2 nitrogen and oxygen atoms in total. The summed E-state index contributed by atoms with van der Waals surface area (Å²) in [4.78, 5) is 0. The average Bonchev–Trinajstić information content (AvgIpc) is 2.07. The van der Waals surface area contributed by atoms with Gasteiger partial charge >= 0.3 is 0 Å². The van der Waals surface area contributed by atoms with Crippen LogP contribution < -0.4 is 0 Å². The van der Waals surface area contributed by atoms with Crippen molar-refractivity contribution in [2.45, 2.75) is 12.8 Å². The summed E-state index contributed by atoms with van der Waals surface area (Å²) < 4.78 is 0. The van der Waals surface area contributed by atoms with Crippen LogP contribution in [0.1, 0.15) is 17.0 Å². The molecule has 1 aromatic carbocycles. The van der Waals surface area contributed by atoms with E-state index >= 15 is 0 Å². The quantitative estimate of drug-likeness (QED) is 0.715. The molecule has 0 amide bonds. The zero-order valence-corrected chi connectivity index (χ0v) is 6.99. The molecule has 0 heterocycles. The van der Waals surface area contributed by atoms with E-state index in [0.29, 0.717) is 0 Å². The summed E-state index contributed by atoms with van der Waals surface area (Å²) in [5, 5.41) is 17.5. The number of aliphatic hydroxyl groups excluding tert-OH is 1. The Morgan fingerprint density at radius 2 is 2.33 bits per heavy atom. The lowest BCUT2D eigenvalue weighted by molar-refractivity contribution is 0.286. The van der Waals surface area contributed by atoms with Gasteiger partial charge in [0.25, 0.3) is 0 Å². The number of aryl methyl sites for hydroxylation is 1. The molecule has 1 N–H and O–H groups in total. The zero-order chi connectivity index (χ0) is 8.97. The molecule has 0 aromatic heterocycles. The molecule has 0 aliphatic rings. The number of hydrogen-bond donors (Lipinski definition) is 1. The molecule has 0 aliphatic heterocycles. The standard InChI is InChI=1S/C10H11NO/c1-8-3-2-4-9(5-8)10(6-11)7-12/h2-5,10,12H,7H2,1H3. The van der Waals surface area contributed by atoms with Crippen molar-refractivity contribution in [2.75, 3.05) is 6.61 Å². The molecule has 1 unspecified atom stereocenters. The number of rotatable bonds is 2. The van der Waals surface area contributed by atoms with Gasteiger partial charge in [-0.05, 0) is 12.5 Å². The molecule has 0 spiro atoms. The van der Waals surface area contributed by atoms with Crippen LogP contribution in [-0.4, -0.2) is 11.7 Å². The highest BCUT2D eigenvalue weighted by Gasteiger charge is 2.07. The minimum absolute atomic E-state index is 0.111. The topological polar surface area (TPSA) is 44.0 Å². The summed E-state index contributed by atoms with van der Waals surface area (Å²) in [6, 6.07) is 9.69. The Hall–Kier alpha value is -1.33. The monoisotopic (exact) mass is 161 g/mol. The molecule has 0 aliphatic carbocycles. The van der Waals surface area contributed by atoms with Crippen LogP contribution in [0.4, 0.5) is 0 Å². The molecule has 62 valence electrons. The first kappa shape index (κ1) is 8.76. The highest BCUT2D eigenvalue weighted by Crippen LogP contribution is 2.14. The van der Waals surface area contributed by atoms with Crippen LogP contribution in [0.3, 0.4) is 0 Å². The molecular formula is C10H11NO. The predicted molar refractivity (Wildman–Crippen MR) is 46.6 cm³/mol. The van der Waals surface area contributed by atoms with Crippen molar-refractivity contribution in [3.8, 4) is 6.07 Å². The summed E-state index contributed by atoms with van der Waals surface area (Å²) in [6.45, 7) is 1.86. The number of aliphatic hydroxyl groups is 1. The number of nitrogens with zero attached hydrogens (tertiary/aromatic N) is 1. The van der Waals surface area contributed by atoms with E-state index in [4.69, 9.17) is 10.4 Å².